The Morgan fingerprint density at radius 3 is 2.68 bits per heavy atom. The van der Waals surface area contributed by atoms with Crippen molar-refractivity contribution in [1.82, 2.24) is 0 Å². The highest BCUT2D eigenvalue weighted by molar-refractivity contribution is 9.10. The van der Waals surface area contributed by atoms with Crippen LogP contribution in [-0.2, 0) is 0 Å². The van der Waals surface area contributed by atoms with Crippen molar-refractivity contribution in [3.05, 3.63) is 62.8 Å². The van der Waals surface area contributed by atoms with E-state index >= 15 is 0 Å². The molecule has 0 saturated carbocycles. The molecule has 0 radical (unpaired) electrons. The third-order valence-electron chi connectivity index (χ3n) is 2.54. The monoisotopic (exact) mass is 341 g/mol. The minimum absolute atomic E-state index is 0.0268. The molecule has 98 valence electrons. The van der Waals surface area contributed by atoms with Gasteiger partial charge in [-0.2, -0.15) is 0 Å². The number of carbonyl (C=O) groups is 1. The molecule has 0 aliphatic carbocycles. The van der Waals surface area contributed by atoms with Crippen LogP contribution in [0.15, 0.2) is 40.9 Å². The van der Waals surface area contributed by atoms with Crippen molar-refractivity contribution >= 4 is 39.1 Å². The van der Waals surface area contributed by atoms with Crippen LogP contribution in [0.25, 0.3) is 0 Å². The summed E-state index contributed by atoms with van der Waals surface area (Å²) < 4.78 is 13.7. The molecule has 1 N–H and O–H groups in total. The van der Waals surface area contributed by atoms with E-state index in [9.17, 15) is 9.18 Å². The number of benzene rings is 2. The Bertz CT molecular complexity index is 645. The van der Waals surface area contributed by atoms with Crippen molar-refractivity contribution < 1.29 is 9.18 Å². The number of hydrogen-bond donors (Lipinski definition) is 1. The Hall–Kier alpha value is -1.39. The second kappa shape index (κ2) is 5.72. The maximum Gasteiger partial charge on any atom is 0.256 e. The normalized spacial score (nSPS) is 10.3. The summed E-state index contributed by atoms with van der Waals surface area (Å²) in [7, 11) is 0. The number of aryl methyl sites for hydroxylation is 1. The standard InChI is InChI=1S/C14H10BrClFNO/c1-8-2-4-11(15)10(6-8)14(19)18-9-3-5-13(17)12(16)7-9/h2-7H,1H3,(H,18,19). The summed E-state index contributed by atoms with van der Waals surface area (Å²) >= 11 is 8.99. The third-order valence-corrected chi connectivity index (χ3v) is 3.53. The van der Waals surface area contributed by atoms with E-state index in [1.54, 1.807) is 6.07 Å². The van der Waals surface area contributed by atoms with Gasteiger partial charge in [0.1, 0.15) is 5.82 Å². The first-order valence-electron chi connectivity index (χ1n) is 5.50. The van der Waals surface area contributed by atoms with Gasteiger partial charge in [-0.1, -0.05) is 23.2 Å². The topological polar surface area (TPSA) is 29.1 Å². The summed E-state index contributed by atoms with van der Waals surface area (Å²) in [6, 6.07) is 9.52. The zero-order valence-electron chi connectivity index (χ0n) is 10.0. The predicted molar refractivity (Wildman–Crippen MR) is 78.2 cm³/mol. The molecule has 0 aliphatic rings. The quantitative estimate of drug-likeness (QED) is 0.834. The minimum atomic E-state index is -0.517. The smallest absolute Gasteiger partial charge is 0.256 e. The number of carbonyl (C=O) groups excluding carboxylic acids is 1. The zero-order chi connectivity index (χ0) is 14.0. The van der Waals surface area contributed by atoms with Crippen LogP contribution >= 0.6 is 27.5 Å². The van der Waals surface area contributed by atoms with Gasteiger partial charge in [0, 0.05) is 10.2 Å². The first-order valence-corrected chi connectivity index (χ1v) is 6.67. The molecule has 0 bridgehead atoms. The van der Waals surface area contributed by atoms with Crippen molar-refractivity contribution in [2.24, 2.45) is 0 Å². The highest BCUT2D eigenvalue weighted by Crippen LogP contribution is 2.22. The van der Waals surface area contributed by atoms with Gasteiger partial charge in [0.15, 0.2) is 0 Å². The van der Waals surface area contributed by atoms with E-state index in [1.807, 2.05) is 19.1 Å². The fourth-order valence-corrected chi connectivity index (χ4v) is 2.19. The van der Waals surface area contributed by atoms with Crippen LogP contribution in [0.5, 0.6) is 0 Å². The van der Waals surface area contributed by atoms with E-state index < -0.39 is 5.82 Å². The molecule has 0 aliphatic heterocycles. The Morgan fingerprint density at radius 1 is 1.26 bits per heavy atom. The molecule has 2 aromatic rings. The van der Waals surface area contributed by atoms with Crippen LogP contribution in [0.1, 0.15) is 15.9 Å². The lowest BCUT2D eigenvalue weighted by atomic mass is 10.1. The minimum Gasteiger partial charge on any atom is -0.322 e. The molecule has 0 heterocycles. The summed E-state index contributed by atoms with van der Waals surface area (Å²) in [5.41, 5.74) is 1.94. The van der Waals surface area contributed by atoms with Crippen molar-refractivity contribution in [2.75, 3.05) is 5.32 Å². The predicted octanol–water partition coefficient (Wildman–Crippen LogP) is 4.80. The maximum absolute atomic E-state index is 13.0. The van der Waals surface area contributed by atoms with Crippen molar-refractivity contribution in [2.45, 2.75) is 6.92 Å². The Kier molecular flexibility index (Phi) is 4.22. The van der Waals surface area contributed by atoms with Gasteiger partial charge < -0.3 is 5.32 Å². The summed E-state index contributed by atoms with van der Waals surface area (Å²) in [5.74, 6) is -0.797. The highest BCUT2D eigenvalue weighted by atomic mass is 79.9. The van der Waals surface area contributed by atoms with Crippen LogP contribution in [0.2, 0.25) is 5.02 Å². The van der Waals surface area contributed by atoms with Gasteiger partial charge >= 0.3 is 0 Å². The lowest BCUT2D eigenvalue weighted by Gasteiger charge is -2.08. The van der Waals surface area contributed by atoms with E-state index in [4.69, 9.17) is 11.6 Å². The number of halogens is 3. The van der Waals surface area contributed by atoms with Gasteiger partial charge in [-0.15, -0.1) is 0 Å². The van der Waals surface area contributed by atoms with E-state index in [-0.39, 0.29) is 10.9 Å². The fraction of sp³-hybridized carbons (Fsp3) is 0.0714. The number of nitrogens with one attached hydrogen (secondary N) is 1. The second-order valence-corrected chi connectivity index (χ2v) is 5.33. The fourth-order valence-electron chi connectivity index (χ4n) is 1.59. The molecule has 19 heavy (non-hydrogen) atoms. The van der Waals surface area contributed by atoms with Crippen LogP contribution < -0.4 is 5.32 Å². The molecule has 0 fully saturated rings. The van der Waals surface area contributed by atoms with Crippen LogP contribution in [0, 0.1) is 12.7 Å². The molecular weight excluding hydrogens is 333 g/mol. The number of hydrogen-bond acceptors (Lipinski definition) is 1. The lowest BCUT2D eigenvalue weighted by molar-refractivity contribution is 0.102. The molecule has 0 spiro atoms. The van der Waals surface area contributed by atoms with Crippen LogP contribution in [0.4, 0.5) is 10.1 Å². The van der Waals surface area contributed by atoms with Gasteiger partial charge in [0.25, 0.3) is 5.91 Å². The van der Waals surface area contributed by atoms with Gasteiger partial charge in [0.2, 0.25) is 0 Å². The molecule has 2 aromatic carbocycles. The largest absolute Gasteiger partial charge is 0.322 e. The summed E-state index contributed by atoms with van der Waals surface area (Å²) in [5, 5.41) is 2.65. The van der Waals surface area contributed by atoms with Crippen LogP contribution in [-0.4, -0.2) is 5.91 Å². The number of anilines is 1. The summed E-state index contributed by atoms with van der Waals surface area (Å²) in [4.78, 5) is 12.1. The van der Waals surface area contributed by atoms with Crippen molar-refractivity contribution in [3.63, 3.8) is 0 Å². The third kappa shape index (κ3) is 3.33. The van der Waals surface area contributed by atoms with E-state index in [0.717, 1.165) is 5.56 Å². The molecule has 0 saturated heterocycles. The lowest BCUT2D eigenvalue weighted by Crippen LogP contribution is -2.12. The van der Waals surface area contributed by atoms with E-state index in [1.165, 1.54) is 18.2 Å². The average Bonchev–Trinajstić information content (AvgIpc) is 2.36. The van der Waals surface area contributed by atoms with Gasteiger partial charge in [-0.05, 0) is 53.2 Å². The average molecular weight is 343 g/mol. The van der Waals surface area contributed by atoms with Crippen molar-refractivity contribution in [3.8, 4) is 0 Å². The Balaban J connectivity index is 2.25. The van der Waals surface area contributed by atoms with Gasteiger partial charge in [-0.3, -0.25) is 4.79 Å². The SMILES string of the molecule is Cc1ccc(Br)c(C(=O)Nc2ccc(F)c(Cl)c2)c1. The van der Waals surface area contributed by atoms with Gasteiger partial charge in [0.05, 0.1) is 10.6 Å². The zero-order valence-corrected chi connectivity index (χ0v) is 12.3. The highest BCUT2D eigenvalue weighted by Gasteiger charge is 2.11. The van der Waals surface area contributed by atoms with Gasteiger partial charge in [-0.25, -0.2) is 4.39 Å². The van der Waals surface area contributed by atoms with E-state index in [0.29, 0.717) is 15.7 Å². The Morgan fingerprint density at radius 2 is 2.00 bits per heavy atom. The molecule has 5 heteroatoms. The molecular formula is C14H10BrClFNO. The molecule has 0 atom stereocenters. The van der Waals surface area contributed by atoms with Crippen LogP contribution in [0.3, 0.4) is 0 Å². The van der Waals surface area contributed by atoms with E-state index in [2.05, 4.69) is 21.2 Å². The molecule has 2 nitrogen and oxygen atoms in total. The number of amides is 1. The Labute approximate surface area is 123 Å². The number of rotatable bonds is 2. The summed E-state index contributed by atoms with van der Waals surface area (Å²) in [6.45, 7) is 1.90. The first kappa shape index (κ1) is 14.0. The first-order chi connectivity index (χ1) is 8.97. The molecule has 0 aromatic heterocycles. The molecule has 2 rings (SSSR count). The molecule has 0 unspecified atom stereocenters. The second-order valence-electron chi connectivity index (χ2n) is 4.07. The maximum atomic E-state index is 13.0. The molecule has 1 amide bonds. The van der Waals surface area contributed by atoms with Crippen molar-refractivity contribution in [1.29, 1.82) is 0 Å². The summed E-state index contributed by atoms with van der Waals surface area (Å²) in [6.07, 6.45) is 0.